The predicted molar refractivity (Wildman–Crippen MR) is 156 cm³/mol. The van der Waals surface area contributed by atoms with Crippen molar-refractivity contribution in [2.24, 2.45) is 9.98 Å². The van der Waals surface area contributed by atoms with Gasteiger partial charge in [-0.2, -0.15) is 0 Å². The predicted octanol–water partition coefficient (Wildman–Crippen LogP) is 8.48. The molecule has 3 heteroatoms. The summed E-state index contributed by atoms with van der Waals surface area (Å²) >= 11 is 1.72. The summed E-state index contributed by atoms with van der Waals surface area (Å²) in [4.78, 5) is 10.1. The summed E-state index contributed by atoms with van der Waals surface area (Å²) in [6.07, 6.45) is 4.08. The van der Waals surface area contributed by atoms with Gasteiger partial charge < -0.3 is 0 Å². The van der Waals surface area contributed by atoms with Crippen molar-refractivity contribution in [3.05, 3.63) is 88.0 Å². The van der Waals surface area contributed by atoms with E-state index in [0.717, 1.165) is 22.5 Å². The number of nitrogens with zero attached hydrogens (tertiary/aromatic N) is 2. The van der Waals surface area contributed by atoms with Crippen molar-refractivity contribution in [1.29, 1.82) is 0 Å². The summed E-state index contributed by atoms with van der Waals surface area (Å²) in [7, 11) is 0. The molecular weight excluding hydrogens is 534 g/mol. The third-order valence-corrected chi connectivity index (χ3v) is 7.92. The van der Waals surface area contributed by atoms with Crippen LogP contribution < -0.4 is 3.51 Å². The van der Waals surface area contributed by atoms with Crippen molar-refractivity contribution in [1.82, 2.24) is 0 Å². The quantitative estimate of drug-likeness (QED) is 0.191. The van der Waals surface area contributed by atoms with Crippen molar-refractivity contribution >= 4 is 50.3 Å². The Bertz CT molecular complexity index is 1070. The molecule has 0 unspecified atom stereocenters. The Hall–Kier alpha value is -2.18. The fourth-order valence-corrected chi connectivity index (χ4v) is 5.13. The topological polar surface area (TPSA) is 24.7 Å². The molecule has 3 aromatic carbocycles. The fraction of sp³-hybridized carbons (Fsp3) is 0.375. The first-order valence-electron chi connectivity index (χ1n) is 12.8. The molecule has 0 heterocycles. The Labute approximate surface area is 226 Å². The molecule has 35 heavy (non-hydrogen) atoms. The maximum atomic E-state index is 5.05. The van der Waals surface area contributed by atoms with Crippen LogP contribution in [0.2, 0.25) is 0 Å². The second-order valence-corrected chi connectivity index (χ2v) is 11.8. The van der Waals surface area contributed by atoms with Crippen molar-refractivity contribution < 1.29 is 0 Å². The standard InChI is InChI=1S/C32H39N2.Sb/c1-21(2)27-14-10-15-28(22(3)4)31(27)33-19-25-12-9-13-26(18-25)20-34-32-29(23(5)6)16-11-17-30(32)24(7)8;/h9-17,19-24H,1-8H3;. The summed E-state index contributed by atoms with van der Waals surface area (Å²) in [6, 6.07) is 19.6. The van der Waals surface area contributed by atoms with Gasteiger partial charge in [0.2, 0.25) is 0 Å². The minimum atomic E-state index is 0.431. The van der Waals surface area contributed by atoms with Gasteiger partial charge in [0, 0.05) is 0 Å². The monoisotopic (exact) mass is 572 g/mol. The summed E-state index contributed by atoms with van der Waals surface area (Å²) < 4.78 is 1.25. The Morgan fingerprint density at radius 3 is 1.09 bits per heavy atom. The molecule has 3 rings (SSSR count). The van der Waals surface area contributed by atoms with Crippen LogP contribution >= 0.6 is 0 Å². The summed E-state index contributed by atoms with van der Waals surface area (Å²) in [5.41, 5.74) is 9.76. The van der Waals surface area contributed by atoms with E-state index in [0.29, 0.717) is 23.7 Å². The molecule has 0 saturated carbocycles. The summed E-state index contributed by atoms with van der Waals surface area (Å²) in [5, 5.41) is 0. The van der Waals surface area contributed by atoms with Gasteiger partial charge in [-0.3, -0.25) is 0 Å². The van der Waals surface area contributed by atoms with E-state index in [1.54, 1.807) is 23.0 Å². The number of para-hydroxylation sites is 2. The Balaban J connectivity index is 2.03. The first-order chi connectivity index (χ1) is 16.6. The van der Waals surface area contributed by atoms with Gasteiger partial charge in [0.1, 0.15) is 0 Å². The molecule has 0 aliphatic carbocycles. The zero-order valence-corrected chi connectivity index (χ0v) is 25.1. The van der Waals surface area contributed by atoms with Crippen molar-refractivity contribution in [3.63, 3.8) is 0 Å². The van der Waals surface area contributed by atoms with E-state index in [1.165, 1.54) is 25.8 Å². The number of hydrogen-bond acceptors (Lipinski definition) is 2. The van der Waals surface area contributed by atoms with Gasteiger partial charge in [-0.05, 0) is 0 Å². The molecule has 2 radical (unpaired) electrons. The van der Waals surface area contributed by atoms with Crippen LogP contribution in [0.15, 0.2) is 64.6 Å². The van der Waals surface area contributed by atoms with Crippen LogP contribution in [0.1, 0.15) is 112 Å². The second-order valence-electron chi connectivity index (χ2n) is 10.5. The first-order valence-corrected chi connectivity index (χ1v) is 14.0. The number of rotatable bonds is 8. The third-order valence-electron chi connectivity index (χ3n) is 6.45. The van der Waals surface area contributed by atoms with Gasteiger partial charge in [0.25, 0.3) is 0 Å². The van der Waals surface area contributed by atoms with E-state index < -0.39 is 0 Å². The van der Waals surface area contributed by atoms with Gasteiger partial charge in [-0.1, -0.05) is 0 Å². The van der Waals surface area contributed by atoms with Crippen LogP contribution in [-0.2, 0) is 0 Å². The Morgan fingerprint density at radius 2 is 0.800 bits per heavy atom. The first kappa shape index (κ1) is 27.4. The van der Waals surface area contributed by atoms with Crippen molar-refractivity contribution in [2.45, 2.75) is 79.1 Å². The molecule has 0 spiro atoms. The minimum absolute atomic E-state index is 0.431. The van der Waals surface area contributed by atoms with Crippen LogP contribution in [0, 0.1) is 0 Å². The van der Waals surface area contributed by atoms with E-state index in [1.807, 2.05) is 12.4 Å². The van der Waals surface area contributed by atoms with Crippen LogP contribution in [-0.4, -0.2) is 35.5 Å². The number of benzene rings is 3. The molecule has 0 N–H and O–H groups in total. The molecule has 0 fully saturated rings. The molecule has 0 bridgehead atoms. The van der Waals surface area contributed by atoms with Gasteiger partial charge in [0.15, 0.2) is 0 Å². The number of aliphatic imine (C=N–C) groups is 2. The van der Waals surface area contributed by atoms with Crippen molar-refractivity contribution in [3.8, 4) is 0 Å². The summed E-state index contributed by atoms with van der Waals surface area (Å²) in [5.74, 6) is 1.72. The van der Waals surface area contributed by atoms with Gasteiger partial charge >= 0.3 is 227 Å². The van der Waals surface area contributed by atoms with Gasteiger partial charge in [-0.25, -0.2) is 0 Å². The van der Waals surface area contributed by atoms with E-state index in [2.05, 4.69) is 110 Å². The molecule has 182 valence electrons. The molecule has 0 saturated heterocycles. The number of hydrogen-bond donors (Lipinski definition) is 0. The average molecular weight is 573 g/mol. The van der Waals surface area contributed by atoms with E-state index in [9.17, 15) is 0 Å². The SMILES string of the molecule is CC(C)c1cccc(C(C)C)c1N=Cc1cccc(C=Nc2c(C(C)C)cccc2C(C)C)[c]1[Sb]. The van der Waals surface area contributed by atoms with E-state index in [-0.39, 0.29) is 0 Å². The molecular formula is C32H39N2Sb. The Morgan fingerprint density at radius 1 is 0.514 bits per heavy atom. The zero-order chi connectivity index (χ0) is 25.7. The van der Waals surface area contributed by atoms with Crippen molar-refractivity contribution in [2.75, 3.05) is 0 Å². The van der Waals surface area contributed by atoms with Crippen LogP contribution in [0.5, 0.6) is 0 Å². The van der Waals surface area contributed by atoms with E-state index in [4.69, 9.17) is 9.98 Å². The van der Waals surface area contributed by atoms with Crippen LogP contribution in [0.3, 0.4) is 0 Å². The van der Waals surface area contributed by atoms with Gasteiger partial charge in [-0.15, -0.1) is 0 Å². The molecule has 3 aromatic rings. The second kappa shape index (κ2) is 12.2. The van der Waals surface area contributed by atoms with E-state index >= 15 is 0 Å². The molecule has 0 aliphatic rings. The molecule has 0 atom stereocenters. The third kappa shape index (κ3) is 6.53. The summed E-state index contributed by atoms with van der Waals surface area (Å²) in [6.45, 7) is 17.9. The Kier molecular flexibility index (Phi) is 9.53. The average Bonchev–Trinajstić information content (AvgIpc) is 2.81. The molecule has 2 nitrogen and oxygen atoms in total. The normalized spacial score (nSPS) is 12.4. The molecule has 0 amide bonds. The van der Waals surface area contributed by atoms with Crippen LogP contribution in [0.25, 0.3) is 0 Å². The molecule has 0 aromatic heterocycles. The zero-order valence-electron chi connectivity index (χ0n) is 22.5. The van der Waals surface area contributed by atoms with Crippen LogP contribution in [0.4, 0.5) is 11.4 Å². The molecule has 0 aliphatic heterocycles. The maximum absolute atomic E-state index is 5.05. The fourth-order valence-electron chi connectivity index (χ4n) is 4.38. The van der Waals surface area contributed by atoms with Gasteiger partial charge in [0.05, 0.1) is 0 Å².